The molecule has 4 heterocycles. The highest BCUT2D eigenvalue weighted by atomic mass is 32.2. The predicted octanol–water partition coefficient (Wildman–Crippen LogP) is 2.17. The van der Waals surface area contributed by atoms with E-state index in [1.165, 1.54) is 0 Å². The van der Waals surface area contributed by atoms with Crippen molar-refractivity contribution in [1.82, 2.24) is 19.5 Å². The number of carbonyl (C=O) groups is 1. The average molecular weight is 417 g/mol. The fraction of sp³-hybridized carbons (Fsp3) is 0.571. The van der Waals surface area contributed by atoms with Gasteiger partial charge in [-0.05, 0) is 31.7 Å². The number of amides is 1. The Hall–Kier alpha value is -2.06. The standard InChI is InChI=1S/C21H28N4O3S/c1-23(14-18-5-7-28-22-18)12-16-3-4-19-17-9-15(11-25(19)21(16)27)10-24(13-17)20(26)6-8-29-2/h3-5,7,15,17H,6,8-14H2,1-2H3/t15-,17+/m0/s1. The number of carbonyl (C=O) groups excluding carboxylic acids is 1. The van der Waals surface area contributed by atoms with Gasteiger partial charge in [-0.2, -0.15) is 11.8 Å². The molecule has 8 heteroatoms. The Morgan fingerprint density at radius 2 is 2.14 bits per heavy atom. The Kier molecular flexibility index (Phi) is 6.10. The number of rotatable bonds is 7. The SMILES string of the molecule is CSCCC(=O)N1C[C@@H]2C[C@H](C1)c1ccc(CN(C)Cc3ccon3)c(=O)n1C2. The lowest BCUT2D eigenvalue weighted by Gasteiger charge is -2.43. The van der Waals surface area contributed by atoms with Gasteiger partial charge in [-0.3, -0.25) is 14.5 Å². The highest BCUT2D eigenvalue weighted by Gasteiger charge is 2.36. The fourth-order valence-electron chi connectivity index (χ4n) is 4.60. The number of thioether (sulfide) groups is 1. The summed E-state index contributed by atoms with van der Waals surface area (Å²) in [6, 6.07) is 5.89. The molecule has 0 aromatic carbocycles. The van der Waals surface area contributed by atoms with Gasteiger partial charge in [0, 0.05) is 68.1 Å². The van der Waals surface area contributed by atoms with Crippen LogP contribution in [0.1, 0.15) is 35.7 Å². The largest absolute Gasteiger partial charge is 0.364 e. The summed E-state index contributed by atoms with van der Waals surface area (Å²) in [5, 5.41) is 3.94. The van der Waals surface area contributed by atoms with E-state index in [9.17, 15) is 9.59 Å². The van der Waals surface area contributed by atoms with Gasteiger partial charge >= 0.3 is 0 Å². The summed E-state index contributed by atoms with van der Waals surface area (Å²) in [6.45, 7) is 3.41. The van der Waals surface area contributed by atoms with Crippen molar-refractivity contribution in [1.29, 1.82) is 0 Å². The molecule has 0 radical (unpaired) electrons. The van der Waals surface area contributed by atoms with Crippen molar-refractivity contribution in [2.75, 3.05) is 32.1 Å². The first-order valence-corrected chi connectivity index (χ1v) is 11.5. The smallest absolute Gasteiger partial charge is 0.255 e. The third kappa shape index (κ3) is 4.43. The molecule has 2 atom stereocenters. The molecule has 0 unspecified atom stereocenters. The number of fused-ring (bicyclic) bond motifs is 4. The van der Waals surface area contributed by atoms with E-state index in [0.29, 0.717) is 32.0 Å². The van der Waals surface area contributed by atoms with Crippen molar-refractivity contribution in [3.05, 3.63) is 51.8 Å². The molecule has 4 rings (SSSR count). The van der Waals surface area contributed by atoms with Gasteiger partial charge in [0.15, 0.2) is 0 Å². The molecule has 1 amide bonds. The minimum atomic E-state index is 0.103. The highest BCUT2D eigenvalue weighted by Crippen LogP contribution is 2.35. The summed E-state index contributed by atoms with van der Waals surface area (Å²) in [7, 11) is 1.98. The van der Waals surface area contributed by atoms with Crippen LogP contribution in [0, 0.1) is 5.92 Å². The van der Waals surface area contributed by atoms with Crippen LogP contribution in [0.25, 0.3) is 0 Å². The topological polar surface area (TPSA) is 71.6 Å². The third-order valence-electron chi connectivity index (χ3n) is 5.92. The van der Waals surface area contributed by atoms with E-state index in [0.717, 1.165) is 42.2 Å². The Morgan fingerprint density at radius 3 is 2.90 bits per heavy atom. The van der Waals surface area contributed by atoms with Crippen LogP contribution < -0.4 is 5.56 Å². The molecule has 0 saturated carbocycles. The van der Waals surface area contributed by atoms with Gasteiger partial charge in [0.05, 0.1) is 5.69 Å². The van der Waals surface area contributed by atoms with Gasteiger partial charge in [0.25, 0.3) is 5.56 Å². The van der Waals surface area contributed by atoms with Crippen LogP contribution >= 0.6 is 11.8 Å². The predicted molar refractivity (Wildman–Crippen MR) is 113 cm³/mol. The van der Waals surface area contributed by atoms with Gasteiger partial charge in [-0.15, -0.1) is 0 Å². The summed E-state index contributed by atoms with van der Waals surface area (Å²) in [6.07, 6.45) is 5.26. The Balaban J connectivity index is 1.48. The molecule has 2 aliphatic heterocycles. The van der Waals surface area contributed by atoms with E-state index in [1.807, 2.05) is 34.9 Å². The van der Waals surface area contributed by atoms with E-state index in [-0.39, 0.29) is 17.4 Å². The number of hydrogen-bond donors (Lipinski definition) is 0. The van der Waals surface area contributed by atoms with Crippen molar-refractivity contribution < 1.29 is 9.32 Å². The number of hydrogen-bond acceptors (Lipinski definition) is 6. The maximum atomic E-state index is 13.2. The van der Waals surface area contributed by atoms with Gasteiger partial charge in [-0.25, -0.2) is 0 Å². The maximum Gasteiger partial charge on any atom is 0.255 e. The second-order valence-electron chi connectivity index (χ2n) is 8.20. The number of nitrogens with zero attached hydrogens (tertiary/aromatic N) is 4. The molecule has 7 nitrogen and oxygen atoms in total. The van der Waals surface area contributed by atoms with E-state index >= 15 is 0 Å². The molecular weight excluding hydrogens is 388 g/mol. The molecule has 1 saturated heterocycles. The molecular formula is C21H28N4O3S. The molecule has 29 heavy (non-hydrogen) atoms. The van der Waals surface area contributed by atoms with Gasteiger partial charge in [0.1, 0.15) is 6.26 Å². The van der Waals surface area contributed by atoms with Crippen molar-refractivity contribution in [3.63, 3.8) is 0 Å². The molecule has 2 aromatic heterocycles. The molecule has 156 valence electrons. The van der Waals surface area contributed by atoms with E-state index in [2.05, 4.69) is 16.1 Å². The summed E-state index contributed by atoms with van der Waals surface area (Å²) in [5.41, 5.74) is 2.84. The lowest BCUT2D eigenvalue weighted by atomic mass is 9.83. The summed E-state index contributed by atoms with van der Waals surface area (Å²) >= 11 is 1.71. The first kappa shape index (κ1) is 20.2. The summed E-state index contributed by atoms with van der Waals surface area (Å²) < 4.78 is 6.84. The second-order valence-corrected chi connectivity index (χ2v) is 9.19. The number of aromatic nitrogens is 2. The van der Waals surface area contributed by atoms with Crippen molar-refractivity contribution in [3.8, 4) is 0 Å². The Labute approximate surface area is 175 Å². The maximum absolute atomic E-state index is 13.2. The minimum absolute atomic E-state index is 0.103. The zero-order valence-electron chi connectivity index (χ0n) is 17.0. The zero-order valence-corrected chi connectivity index (χ0v) is 17.9. The molecule has 2 aliphatic rings. The van der Waals surface area contributed by atoms with Crippen LogP contribution in [0.5, 0.6) is 0 Å². The lowest BCUT2D eigenvalue weighted by molar-refractivity contribution is -0.133. The van der Waals surface area contributed by atoms with Gasteiger partial charge < -0.3 is 14.0 Å². The zero-order chi connectivity index (χ0) is 20.4. The van der Waals surface area contributed by atoms with Crippen LogP contribution in [0.3, 0.4) is 0 Å². The van der Waals surface area contributed by atoms with Crippen LogP contribution in [0.2, 0.25) is 0 Å². The second kappa shape index (κ2) is 8.75. The summed E-state index contributed by atoms with van der Waals surface area (Å²) in [5.74, 6) is 1.73. The fourth-order valence-corrected chi connectivity index (χ4v) is 4.98. The van der Waals surface area contributed by atoms with E-state index in [1.54, 1.807) is 18.0 Å². The van der Waals surface area contributed by atoms with Crippen molar-refractivity contribution >= 4 is 17.7 Å². The molecule has 0 N–H and O–H groups in total. The number of likely N-dealkylation sites (tertiary alicyclic amines) is 1. The molecule has 2 bridgehead atoms. The molecule has 0 aliphatic carbocycles. The number of pyridine rings is 1. The van der Waals surface area contributed by atoms with Crippen LogP contribution in [0.4, 0.5) is 0 Å². The lowest BCUT2D eigenvalue weighted by Crippen LogP contribution is -2.49. The first-order valence-electron chi connectivity index (χ1n) is 10.1. The Morgan fingerprint density at radius 1 is 1.28 bits per heavy atom. The van der Waals surface area contributed by atoms with Crippen LogP contribution in [-0.2, 0) is 24.4 Å². The first-order chi connectivity index (χ1) is 14.0. The minimum Gasteiger partial charge on any atom is -0.364 e. The quantitative estimate of drug-likeness (QED) is 0.689. The normalized spacial score (nSPS) is 20.7. The van der Waals surface area contributed by atoms with Crippen molar-refractivity contribution in [2.24, 2.45) is 5.92 Å². The van der Waals surface area contributed by atoms with E-state index in [4.69, 9.17) is 4.52 Å². The van der Waals surface area contributed by atoms with Crippen molar-refractivity contribution in [2.45, 2.75) is 38.4 Å². The highest BCUT2D eigenvalue weighted by molar-refractivity contribution is 7.98. The Bertz CT molecular complexity index is 911. The average Bonchev–Trinajstić information content (AvgIpc) is 3.21. The summed E-state index contributed by atoms with van der Waals surface area (Å²) in [4.78, 5) is 29.7. The molecule has 2 aromatic rings. The van der Waals surface area contributed by atoms with Gasteiger partial charge in [-0.1, -0.05) is 11.2 Å². The molecule has 0 spiro atoms. The van der Waals surface area contributed by atoms with E-state index < -0.39 is 0 Å². The third-order valence-corrected chi connectivity index (χ3v) is 6.53. The molecule has 1 fully saturated rings. The number of piperidine rings is 1. The van der Waals surface area contributed by atoms with Crippen LogP contribution in [-0.4, -0.2) is 57.6 Å². The van der Waals surface area contributed by atoms with Gasteiger partial charge in [0.2, 0.25) is 5.91 Å². The monoisotopic (exact) mass is 416 g/mol. The van der Waals surface area contributed by atoms with Crippen LogP contribution in [0.15, 0.2) is 33.8 Å².